The number of rotatable bonds is 8. The molecule has 0 atom stereocenters. The van der Waals surface area contributed by atoms with E-state index in [-0.39, 0.29) is 5.91 Å². The zero-order chi connectivity index (χ0) is 19.1. The third kappa shape index (κ3) is 5.84. The van der Waals surface area contributed by atoms with Crippen LogP contribution in [-0.4, -0.2) is 28.7 Å². The Morgan fingerprint density at radius 2 is 1.77 bits per heavy atom. The molecule has 0 saturated carbocycles. The summed E-state index contributed by atoms with van der Waals surface area (Å²) >= 11 is 1.54. The molecule has 0 aliphatic rings. The fourth-order valence-electron chi connectivity index (χ4n) is 3.12. The van der Waals surface area contributed by atoms with Crippen LogP contribution in [0.5, 0.6) is 0 Å². The number of carbonyl (C=O) groups excluding carboxylic acids is 1. The van der Waals surface area contributed by atoms with Crippen LogP contribution in [0, 0.1) is 27.7 Å². The molecule has 1 N–H and O–H groups in total. The van der Waals surface area contributed by atoms with Gasteiger partial charge in [-0.3, -0.25) is 4.79 Å². The molecular weight excluding hydrogens is 342 g/mol. The van der Waals surface area contributed by atoms with Crippen molar-refractivity contribution < 1.29 is 4.79 Å². The summed E-state index contributed by atoms with van der Waals surface area (Å²) in [6.07, 6.45) is 5.09. The largest absolute Gasteiger partial charge is 0.356 e. The first kappa shape index (κ1) is 20.4. The van der Waals surface area contributed by atoms with Gasteiger partial charge in [-0.25, -0.2) is 9.97 Å². The van der Waals surface area contributed by atoms with Crippen molar-refractivity contribution >= 4 is 17.7 Å². The molecule has 0 saturated heterocycles. The smallest absolute Gasteiger partial charge is 0.220 e. The molecule has 1 heterocycles. The third-order valence-electron chi connectivity index (χ3n) is 4.63. The van der Waals surface area contributed by atoms with Crippen molar-refractivity contribution in [3.63, 3.8) is 0 Å². The summed E-state index contributed by atoms with van der Waals surface area (Å²) in [6.45, 7) is 8.96. The Hall–Kier alpha value is -1.88. The molecular formula is C21H29N3OS. The maximum absolute atomic E-state index is 12.1. The summed E-state index contributed by atoms with van der Waals surface area (Å²) in [5.41, 5.74) is 7.03. The van der Waals surface area contributed by atoms with Gasteiger partial charge in [0, 0.05) is 24.4 Å². The van der Waals surface area contributed by atoms with Gasteiger partial charge in [-0.2, -0.15) is 0 Å². The predicted octanol–water partition coefficient (Wildman–Crippen LogP) is 4.11. The Balaban J connectivity index is 1.76. The molecule has 4 nitrogen and oxygen atoms in total. The number of benzene rings is 1. The second kappa shape index (κ2) is 9.72. The Morgan fingerprint density at radius 1 is 1.08 bits per heavy atom. The number of amides is 1. The highest BCUT2D eigenvalue weighted by atomic mass is 32.2. The summed E-state index contributed by atoms with van der Waals surface area (Å²) in [7, 11) is 0. The first-order valence-corrected chi connectivity index (χ1v) is 10.3. The van der Waals surface area contributed by atoms with E-state index in [9.17, 15) is 4.79 Å². The lowest BCUT2D eigenvalue weighted by Gasteiger charge is -2.11. The molecule has 0 fully saturated rings. The quantitative estimate of drug-likeness (QED) is 0.431. The normalized spacial score (nSPS) is 10.8. The van der Waals surface area contributed by atoms with Gasteiger partial charge in [0.15, 0.2) is 5.16 Å². The average Bonchev–Trinajstić information content (AvgIpc) is 2.59. The predicted molar refractivity (Wildman–Crippen MR) is 109 cm³/mol. The summed E-state index contributed by atoms with van der Waals surface area (Å²) in [5, 5.41) is 3.82. The summed E-state index contributed by atoms with van der Waals surface area (Å²) < 4.78 is 0. The monoisotopic (exact) mass is 371 g/mol. The number of hydrogen-bond acceptors (Lipinski definition) is 4. The first-order valence-electron chi connectivity index (χ1n) is 9.11. The zero-order valence-corrected chi connectivity index (χ0v) is 17.3. The highest BCUT2D eigenvalue weighted by Crippen LogP contribution is 2.17. The molecule has 1 aromatic carbocycles. The minimum Gasteiger partial charge on any atom is -0.356 e. The van der Waals surface area contributed by atoms with Crippen LogP contribution >= 0.6 is 11.8 Å². The van der Waals surface area contributed by atoms with Crippen molar-refractivity contribution in [1.82, 2.24) is 15.3 Å². The molecule has 0 spiro atoms. The molecule has 0 aliphatic heterocycles. The second-order valence-electron chi connectivity index (χ2n) is 6.74. The Morgan fingerprint density at radius 3 is 2.38 bits per heavy atom. The summed E-state index contributed by atoms with van der Waals surface area (Å²) in [4.78, 5) is 21.1. The second-order valence-corrected chi connectivity index (χ2v) is 7.52. The van der Waals surface area contributed by atoms with Crippen molar-refractivity contribution in [3.05, 3.63) is 51.8 Å². The SMILES string of the molecule is CSc1nc(C)c(CCC(=O)NCCCc2ccc(C)cc2C)c(C)n1. The van der Waals surface area contributed by atoms with E-state index in [0.717, 1.165) is 34.9 Å². The van der Waals surface area contributed by atoms with Crippen LogP contribution in [0.3, 0.4) is 0 Å². The van der Waals surface area contributed by atoms with Gasteiger partial charge in [0.2, 0.25) is 5.91 Å². The lowest BCUT2D eigenvalue weighted by Crippen LogP contribution is -2.25. The number of aryl methyl sites for hydroxylation is 5. The molecule has 0 radical (unpaired) electrons. The summed E-state index contributed by atoms with van der Waals surface area (Å²) in [5.74, 6) is 0.0957. The van der Waals surface area contributed by atoms with E-state index in [4.69, 9.17) is 0 Å². The van der Waals surface area contributed by atoms with Gasteiger partial charge in [-0.1, -0.05) is 35.5 Å². The van der Waals surface area contributed by atoms with Gasteiger partial charge < -0.3 is 5.32 Å². The van der Waals surface area contributed by atoms with Gasteiger partial charge in [0.25, 0.3) is 0 Å². The molecule has 1 aromatic heterocycles. The number of nitrogens with one attached hydrogen (secondary N) is 1. The van der Waals surface area contributed by atoms with Gasteiger partial charge >= 0.3 is 0 Å². The molecule has 0 unspecified atom stereocenters. The van der Waals surface area contributed by atoms with Crippen LogP contribution < -0.4 is 5.32 Å². The lowest BCUT2D eigenvalue weighted by molar-refractivity contribution is -0.121. The molecule has 2 aromatic rings. The topological polar surface area (TPSA) is 54.9 Å². The molecule has 1 amide bonds. The number of hydrogen-bond donors (Lipinski definition) is 1. The van der Waals surface area contributed by atoms with Crippen LogP contribution in [-0.2, 0) is 17.6 Å². The van der Waals surface area contributed by atoms with Crippen molar-refractivity contribution in [1.29, 1.82) is 0 Å². The van der Waals surface area contributed by atoms with Crippen molar-refractivity contribution in [2.24, 2.45) is 0 Å². The van der Waals surface area contributed by atoms with E-state index in [1.807, 2.05) is 20.1 Å². The Kier molecular flexibility index (Phi) is 7.64. The number of carbonyl (C=O) groups is 1. The molecule has 0 bridgehead atoms. The number of nitrogens with zero attached hydrogens (tertiary/aromatic N) is 2. The van der Waals surface area contributed by atoms with Crippen molar-refractivity contribution in [2.75, 3.05) is 12.8 Å². The van der Waals surface area contributed by atoms with E-state index in [1.165, 1.54) is 16.7 Å². The van der Waals surface area contributed by atoms with E-state index >= 15 is 0 Å². The molecule has 2 rings (SSSR count). The maximum atomic E-state index is 12.1. The van der Waals surface area contributed by atoms with Crippen LogP contribution in [0.1, 0.15) is 46.5 Å². The van der Waals surface area contributed by atoms with Crippen molar-refractivity contribution in [3.8, 4) is 0 Å². The zero-order valence-electron chi connectivity index (χ0n) is 16.5. The molecule has 5 heteroatoms. The Bertz CT molecular complexity index is 751. The van der Waals surface area contributed by atoms with Crippen molar-refractivity contribution in [2.45, 2.75) is 58.5 Å². The molecule has 26 heavy (non-hydrogen) atoms. The Labute approximate surface area is 161 Å². The third-order valence-corrected chi connectivity index (χ3v) is 5.18. The van der Waals surface area contributed by atoms with Gasteiger partial charge in [0.1, 0.15) is 0 Å². The van der Waals surface area contributed by atoms with Crippen LogP contribution in [0.2, 0.25) is 0 Å². The van der Waals surface area contributed by atoms with Crippen LogP contribution in [0.4, 0.5) is 0 Å². The molecule has 140 valence electrons. The van der Waals surface area contributed by atoms with E-state index in [1.54, 1.807) is 11.8 Å². The fraction of sp³-hybridized carbons (Fsp3) is 0.476. The average molecular weight is 372 g/mol. The van der Waals surface area contributed by atoms with Crippen LogP contribution in [0.25, 0.3) is 0 Å². The van der Waals surface area contributed by atoms with Crippen LogP contribution in [0.15, 0.2) is 23.4 Å². The van der Waals surface area contributed by atoms with E-state index in [0.29, 0.717) is 19.4 Å². The fourth-order valence-corrected chi connectivity index (χ4v) is 3.58. The van der Waals surface area contributed by atoms with Gasteiger partial charge in [-0.15, -0.1) is 0 Å². The minimum atomic E-state index is 0.0957. The highest BCUT2D eigenvalue weighted by molar-refractivity contribution is 7.98. The maximum Gasteiger partial charge on any atom is 0.220 e. The number of thioether (sulfide) groups is 1. The highest BCUT2D eigenvalue weighted by Gasteiger charge is 2.10. The molecule has 0 aliphatic carbocycles. The number of aromatic nitrogens is 2. The van der Waals surface area contributed by atoms with Gasteiger partial charge in [0.05, 0.1) is 0 Å². The standard InChI is InChI=1S/C21H29N3OS/c1-14-8-9-18(15(2)13-14)7-6-12-22-20(25)11-10-19-16(3)23-21(26-5)24-17(19)4/h8-9,13H,6-7,10-12H2,1-5H3,(H,22,25). The first-order chi connectivity index (χ1) is 12.4. The van der Waals surface area contributed by atoms with Gasteiger partial charge in [-0.05, 0) is 69.9 Å². The lowest BCUT2D eigenvalue weighted by atomic mass is 10.0. The summed E-state index contributed by atoms with van der Waals surface area (Å²) in [6, 6.07) is 6.55. The minimum absolute atomic E-state index is 0.0957. The van der Waals surface area contributed by atoms with E-state index < -0.39 is 0 Å². The van der Waals surface area contributed by atoms with E-state index in [2.05, 4.69) is 47.3 Å².